The van der Waals surface area contributed by atoms with Gasteiger partial charge in [0, 0.05) is 24.2 Å². The summed E-state index contributed by atoms with van der Waals surface area (Å²) < 4.78 is 102. The standard InChI is InChI=1S/C27H30F6N2O6/c1-6-40-24(36)34(14-16-9-17(26(28,29)30)11-18(10-16)27(31,32)33)20-8-15(3)35(25(37)41-7-2)21-13-23(39-5)22(38-4)12-19(20)21/h9-13,15,20H,6-8,14H2,1-5H3/t15-,20+/m0/s1. The highest BCUT2D eigenvalue weighted by molar-refractivity contribution is 5.91. The predicted molar refractivity (Wildman–Crippen MR) is 135 cm³/mol. The molecule has 2 aromatic carbocycles. The van der Waals surface area contributed by atoms with E-state index in [1.165, 1.54) is 38.2 Å². The first-order chi connectivity index (χ1) is 19.2. The Morgan fingerprint density at radius 3 is 1.90 bits per heavy atom. The van der Waals surface area contributed by atoms with Crippen LogP contribution in [-0.2, 0) is 28.4 Å². The summed E-state index contributed by atoms with van der Waals surface area (Å²) in [5, 5.41) is 0. The van der Waals surface area contributed by atoms with Gasteiger partial charge in [-0.05, 0) is 57.0 Å². The Balaban J connectivity index is 2.22. The van der Waals surface area contributed by atoms with Crippen LogP contribution in [0.25, 0.3) is 0 Å². The van der Waals surface area contributed by atoms with E-state index in [2.05, 4.69) is 0 Å². The number of carbonyl (C=O) groups excluding carboxylic acids is 2. The maximum absolute atomic E-state index is 13.5. The Labute approximate surface area is 232 Å². The highest BCUT2D eigenvalue weighted by Gasteiger charge is 2.42. The molecule has 1 aliphatic rings. The van der Waals surface area contributed by atoms with E-state index in [9.17, 15) is 35.9 Å². The van der Waals surface area contributed by atoms with Crippen molar-refractivity contribution in [2.75, 3.05) is 32.3 Å². The molecule has 41 heavy (non-hydrogen) atoms. The lowest BCUT2D eigenvalue weighted by Gasteiger charge is -2.42. The molecule has 2 atom stereocenters. The molecule has 0 fully saturated rings. The first kappa shape index (κ1) is 31.7. The Hall–Kier alpha value is -3.84. The molecule has 1 heterocycles. The SMILES string of the molecule is CCOC(=O)N(Cc1cc(C(F)(F)F)cc(C(F)(F)F)c1)[C@@H]1C[C@H](C)N(C(=O)OCC)c2cc(OC)c(OC)cc21. The number of methoxy groups -OCH3 is 2. The van der Waals surface area contributed by atoms with Gasteiger partial charge in [0.25, 0.3) is 0 Å². The number of amides is 2. The van der Waals surface area contributed by atoms with Crippen LogP contribution < -0.4 is 14.4 Å². The van der Waals surface area contributed by atoms with Crippen LogP contribution in [0.5, 0.6) is 11.5 Å². The Morgan fingerprint density at radius 1 is 0.878 bits per heavy atom. The van der Waals surface area contributed by atoms with Crippen molar-refractivity contribution in [1.29, 1.82) is 0 Å². The molecule has 0 saturated carbocycles. The minimum Gasteiger partial charge on any atom is -0.493 e. The predicted octanol–water partition coefficient (Wildman–Crippen LogP) is 7.20. The van der Waals surface area contributed by atoms with Crippen molar-refractivity contribution in [2.24, 2.45) is 0 Å². The number of anilines is 1. The Morgan fingerprint density at radius 2 is 1.41 bits per heavy atom. The molecule has 226 valence electrons. The van der Waals surface area contributed by atoms with Gasteiger partial charge in [-0.25, -0.2) is 9.59 Å². The molecule has 0 aromatic heterocycles. The van der Waals surface area contributed by atoms with Crippen molar-refractivity contribution in [3.63, 3.8) is 0 Å². The lowest BCUT2D eigenvalue weighted by molar-refractivity contribution is -0.143. The second-order valence-electron chi connectivity index (χ2n) is 9.18. The van der Waals surface area contributed by atoms with Crippen LogP contribution >= 0.6 is 0 Å². The van der Waals surface area contributed by atoms with E-state index < -0.39 is 59.9 Å². The summed E-state index contributed by atoms with van der Waals surface area (Å²) in [4.78, 5) is 28.5. The number of nitrogens with zero attached hydrogens (tertiary/aromatic N) is 2. The average molecular weight is 593 g/mol. The summed E-state index contributed by atoms with van der Waals surface area (Å²) in [7, 11) is 2.73. The normalized spacial score (nSPS) is 17.0. The summed E-state index contributed by atoms with van der Waals surface area (Å²) in [6.07, 6.45) is -11.8. The highest BCUT2D eigenvalue weighted by Crippen LogP contribution is 2.47. The smallest absolute Gasteiger partial charge is 0.416 e. The van der Waals surface area contributed by atoms with Gasteiger partial charge >= 0.3 is 24.5 Å². The summed E-state index contributed by atoms with van der Waals surface area (Å²) in [6, 6.07) is 2.56. The molecule has 8 nitrogen and oxygen atoms in total. The summed E-state index contributed by atoms with van der Waals surface area (Å²) >= 11 is 0. The molecule has 1 aliphatic heterocycles. The molecular weight excluding hydrogens is 562 g/mol. The largest absolute Gasteiger partial charge is 0.493 e. The van der Waals surface area contributed by atoms with Gasteiger partial charge in [0.05, 0.1) is 50.3 Å². The van der Waals surface area contributed by atoms with E-state index in [1.807, 2.05) is 0 Å². The van der Waals surface area contributed by atoms with E-state index in [-0.39, 0.29) is 42.9 Å². The number of benzene rings is 2. The summed E-state index contributed by atoms with van der Waals surface area (Å²) in [5.74, 6) is 0.459. The van der Waals surface area contributed by atoms with Gasteiger partial charge in [-0.1, -0.05) is 0 Å². The lowest BCUT2D eigenvalue weighted by Crippen LogP contribution is -2.47. The lowest BCUT2D eigenvalue weighted by atomic mass is 9.90. The third-order valence-electron chi connectivity index (χ3n) is 6.50. The van der Waals surface area contributed by atoms with Gasteiger partial charge < -0.3 is 18.9 Å². The molecule has 0 bridgehead atoms. The number of ether oxygens (including phenoxy) is 4. The zero-order chi connectivity index (χ0) is 30.7. The first-order valence-electron chi connectivity index (χ1n) is 12.6. The van der Waals surface area contributed by atoms with Crippen LogP contribution in [0.1, 0.15) is 55.5 Å². The molecule has 0 saturated heterocycles. The van der Waals surface area contributed by atoms with Gasteiger partial charge in [0.1, 0.15) is 0 Å². The minimum atomic E-state index is -5.07. The summed E-state index contributed by atoms with van der Waals surface area (Å²) in [6.45, 7) is 4.10. The molecule has 2 amide bonds. The first-order valence-corrected chi connectivity index (χ1v) is 12.6. The number of rotatable bonds is 7. The van der Waals surface area contributed by atoms with Gasteiger partial charge in [-0.2, -0.15) is 26.3 Å². The Bertz CT molecular complexity index is 1230. The number of hydrogen-bond donors (Lipinski definition) is 0. The number of carbonyl (C=O) groups is 2. The number of fused-ring (bicyclic) bond motifs is 1. The maximum atomic E-state index is 13.5. The van der Waals surface area contributed by atoms with Crippen molar-refractivity contribution in [3.8, 4) is 11.5 Å². The topological polar surface area (TPSA) is 77.5 Å². The van der Waals surface area contributed by atoms with Gasteiger partial charge in [0.15, 0.2) is 11.5 Å². The fourth-order valence-electron chi connectivity index (χ4n) is 4.73. The van der Waals surface area contributed by atoms with Crippen molar-refractivity contribution < 1.29 is 54.9 Å². The van der Waals surface area contributed by atoms with Gasteiger partial charge in [0.2, 0.25) is 0 Å². The molecule has 2 aromatic rings. The second-order valence-corrected chi connectivity index (χ2v) is 9.18. The zero-order valence-corrected chi connectivity index (χ0v) is 23.0. The minimum absolute atomic E-state index is 0.0184. The van der Waals surface area contributed by atoms with Crippen LogP contribution in [0.3, 0.4) is 0 Å². The van der Waals surface area contributed by atoms with Crippen LogP contribution in [0, 0.1) is 0 Å². The second kappa shape index (κ2) is 12.4. The summed E-state index contributed by atoms with van der Waals surface area (Å²) in [5.41, 5.74) is -2.85. The van der Waals surface area contributed by atoms with Crippen molar-refractivity contribution in [1.82, 2.24) is 4.90 Å². The van der Waals surface area contributed by atoms with Crippen LogP contribution in [0.2, 0.25) is 0 Å². The molecule has 0 aliphatic carbocycles. The third kappa shape index (κ3) is 6.91. The third-order valence-corrected chi connectivity index (χ3v) is 6.50. The zero-order valence-electron chi connectivity index (χ0n) is 23.0. The average Bonchev–Trinajstić information content (AvgIpc) is 2.89. The monoisotopic (exact) mass is 592 g/mol. The van der Waals surface area contributed by atoms with E-state index in [0.717, 1.165) is 4.90 Å². The van der Waals surface area contributed by atoms with E-state index >= 15 is 0 Å². The van der Waals surface area contributed by atoms with Crippen molar-refractivity contribution >= 4 is 17.9 Å². The van der Waals surface area contributed by atoms with Crippen molar-refractivity contribution in [2.45, 2.75) is 58.2 Å². The van der Waals surface area contributed by atoms with Crippen LogP contribution in [0.15, 0.2) is 30.3 Å². The number of halogens is 6. The Kier molecular flexibility index (Phi) is 9.54. The number of hydrogen-bond acceptors (Lipinski definition) is 6. The fourth-order valence-corrected chi connectivity index (χ4v) is 4.73. The molecule has 0 spiro atoms. The fraction of sp³-hybridized carbons (Fsp3) is 0.481. The quantitative estimate of drug-likeness (QED) is 0.317. The molecule has 3 rings (SSSR count). The van der Waals surface area contributed by atoms with Crippen molar-refractivity contribution in [3.05, 3.63) is 52.6 Å². The number of alkyl halides is 6. The van der Waals surface area contributed by atoms with E-state index in [1.54, 1.807) is 13.8 Å². The van der Waals surface area contributed by atoms with Crippen LogP contribution in [-0.4, -0.2) is 50.6 Å². The molecule has 0 unspecified atom stereocenters. The molecular formula is C27H30F6N2O6. The molecule has 0 N–H and O–H groups in total. The molecule has 14 heteroatoms. The van der Waals surface area contributed by atoms with Gasteiger partial charge in [-0.3, -0.25) is 9.80 Å². The highest BCUT2D eigenvalue weighted by atomic mass is 19.4. The maximum Gasteiger partial charge on any atom is 0.416 e. The van der Waals surface area contributed by atoms with E-state index in [4.69, 9.17) is 18.9 Å². The van der Waals surface area contributed by atoms with Crippen LogP contribution in [0.4, 0.5) is 41.6 Å². The van der Waals surface area contributed by atoms with E-state index in [0.29, 0.717) is 17.7 Å². The van der Waals surface area contributed by atoms with Gasteiger partial charge in [-0.15, -0.1) is 0 Å². The molecule has 0 radical (unpaired) electrons.